The van der Waals surface area contributed by atoms with E-state index < -0.39 is 0 Å². The van der Waals surface area contributed by atoms with Gasteiger partial charge in [0.05, 0.1) is 12.0 Å². The maximum atomic E-state index is 4.21. The van der Waals surface area contributed by atoms with Gasteiger partial charge in [-0.15, -0.1) is 0 Å². The highest BCUT2D eigenvalue weighted by Crippen LogP contribution is 2.09. The maximum Gasteiger partial charge on any atom is 0.0951 e. The summed E-state index contributed by atoms with van der Waals surface area (Å²) >= 11 is 0. The van der Waals surface area contributed by atoms with Crippen LogP contribution in [-0.4, -0.2) is 15.6 Å². The molecule has 1 unspecified atom stereocenters. The fourth-order valence-electron chi connectivity index (χ4n) is 1.83. The summed E-state index contributed by atoms with van der Waals surface area (Å²) in [4.78, 5) is 4.21. The van der Waals surface area contributed by atoms with Crippen LogP contribution in [0.2, 0.25) is 0 Å². The van der Waals surface area contributed by atoms with Crippen LogP contribution in [0.3, 0.4) is 0 Å². The van der Waals surface area contributed by atoms with E-state index in [2.05, 4.69) is 42.6 Å². The van der Waals surface area contributed by atoms with E-state index in [1.54, 1.807) is 0 Å². The van der Waals surface area contributed by atoms with Crippen LogP contribution in [0.5, 0.6) is 0 Å². The number of aromatic nitrogens is 2. The van der Waals surface area contributed by atoms with Crippen molar-refractivity contribution >= 4 is 0 Å². The topological polar surface area (TPSA) is 29.9 Å². The highest BCUT2D eigenvalue weighted by molar-refractivity contribution is 4.99. The highest BCUT2D eigenvalue weighted by Gasteiger charge is 2.06. The number of nitrogens with zero attached hydrogens (tertiary/aromatic N) is 2. The van der Waals surface area contributed by atoms with Crippen molar-refractivity contribution < 1.29 is 0 Å². The fraction of sp³-hybridized carbons (Fsp3) is 0.769. The zero-order chi connectivity index (χ0) is 12.0. The normalized spacial score (nSPS) is 13.3. The van der Waals surface area contributed by atoms with Crippen molar-refractivity contribution in [3.8, 4) is 0 Å². The average molecular weight is 223 g/mol. The van der Waals surface area contributed by atoms with E-state index in [0.717, 1.165) is 6.54 Å². The van der Waals surface area contributed by atoms with Crippen LogP contribution in [0.4, 0.5) is 0 Å². The van der Waals surface area contributed by atoms with Gasteiger partial charge in [0.25, 0.3) is 0 Å². The molecule has 0 aliphatic carbocycles. The van der Waals surface area contributed by atoms with E-state index in [1.165, 1.54) is 25.0 Å². The molecule has 0 aliphatic rings. The van der Waals surface area contributed by atoms with Crippen molar-refractivity contribution in [2.75, 3.05) is 0 Å². The molecule has 92 valence electrons. The minimum absolute atomic E-state index is 0.491. The van der Waals surface area contributed by atoms with E-state index in [9.17, 15) is 0 Å². The summed E-state index contributed by atoms with van der Waals surface area (Å²) in [6, 6.07) is 1.08. The summed E-state index contributed by atoms with van der Waals surface area (Å²) in [7, 11) is 0. The van der Waals surface area contributed by atoms with E-state index in [4.69, 9.17) is 0 Å². The Labute approximate surface area is 99.3 Å². The van der Waals surface area contributed by atoms with Crippen LogP contribution in [-0.2, 0) is 6.54 Å². The van der Waals surface area contributed by atoms with Crippen LogP contribution >= 0.6 is 0 Å². The first-order valence-electron chi connectivity index (χ1n) is 6.39. The zero-order valence-corrected chi connectivity index (χ0v) is 11.0. The second-order valence-electron chi connectivity index (χ2n) is 4.81. The van der Waals surface area contributed by atoms with Crippen molar-refractivity contribution in [2.24, 2.45) is 0 Å². The molecule has 1 heterocycles. The Kier molecular flexibility index (Phi) is 5.53. The first-order chi connectivity index (χ1) is 7.65. The first kappa shape index (κ1) is 13.2. The maximum absolute atomic E-state index is 4.21. The van der Waals surface area contributed by atoms with Crippen molar-refractivity contribution in [3.05, 3.63) is 18.2 Å². The van der Waals surface area contributed by atoms with Gasteiger partial charge >= 0.3 is 0 Å². The Balaban J connectivity index is 2.39. The Bertz CT molecular complexity index is 291. The number of hydrogen-bond acceptors (Lipinski definition) is 2. The summed E-state index contributed by atoms with van der Waals surface area (Å²) in [5, 5.41) is 3.55. The Morgan fingerprint density at radius 1 is 1.38 bits per heavy atom. The van der Waals surface area contributed by atoms with E-state index >= 15 is 0 Å². The lowest BCUT2D eigenvalue weighted by molar-refractivity contribution is 0.474. The third-order valence-corrected chi connectivity index (χ3v) is 2.92. The van der Waals surface area contributed by atoms with Crippen LogP contribution in [0.25, 0.3) is 0 Å². The molecule has 0 amide bonds. The predicted octanol–water partition coefficient (Wildman–Crippen LogP) is 3.13. The minimum Gasteiger partial charge on any atom is -0.331 e. The largest absolute Gasteiger partial charge is 0.331 e. The minimum atomic E-state index is 0.491. The molecule has 1 aromatic heterocycles. The molecule has 0 fully saturated rings. The lowest BCUT2D eigenvalue weighted by atomic mass is 10.1. The monoisotopic (exact) mass is 223 g/mol. The first-order valence-corrected chi connectivity index (χ1v) is 6.39. The highest BCUT2D eigenvalue weighted by atomic mass is 15.1. The quantitative estimate of drug-likeness (QED) is 0.769. The zero-order valence-electron chi connectivity index (χ0n) is 11.0. The summed E-state index contributed by atoms with van der Waals surface area (Å²) in [6.07, 6.45) is 7.71. The van der Waals surface area contributed by atoms with Crippen LogP contribution < -0.4 is 5.32 Å². The second-order valence-corrected chi connectivity index (χ2v) is 4.81. The molecule has 3 heteroatoms. The van der Waals surface area contributed by atoms with Crippen LogP contribution in [0.15, 0.2) is 12.5 Å². The van der Waals surface area contributed by atoms with Crippen LogP contribution in [0.1, 0.15) is 58.7 Å². The molecule has 0 aromatic carbocycles. The molecule has 0 saturated heterocycles. The molecule has 0 aliphatic heterocycles. The van der Waals surface area contributed by atoms with E-state index in [1.807, 2.05) is 12.5 Å². The van der Waals surface area contributed by atoms with Crippen LogP contribution in [0, 0.1) is 0 Å². The van der Waals surface area contributed by atoms with Crippen molar-refractivity contribution in [1.82, 2.24) is 14.9 Å². The van der Waals surface area contributed by atoms with Gasteiger partial charge in [-0.2, -0.15) is 0 Å². The number of rotatable bonds is 7. The smallest absolute Gasteiger partial charge is 0.0951 e. The van der Waals surface area contributed by atoms with Crippen molar-refractivity contribution in [2.45, 2.75) is 65.6 Å². The number of nitrogens with one attached hydrogen (secondary N) is 1. The summed E-state index contributed by atoms with van der Waals surface area (Å²) in [5.41, 5.74) is 1.28. The van der Waals surface area contributed by atoms with Crippen molar-refractivity contribution in [1.29, 1.82) is 0 Å². The summed E-state index contributed by atoms with van der Waals surface area (Å²) < 4.78 is 2.22. The molecule has 0 bridgehead atoms. The lowest BCUT2D eigenvalue weighted by Crippen LogP contribution is -2.26. The molecule has 16 heavy (non-hydrogen) atoms. The molecular weight excluding hydrogens is 198 g/mol. The van der Waals surface area contributed by atoms with Gasteiger partial charge in [0.2, 0.25) is 0 Å². The second kappa shape index (κ2) is 6.69. The Hall–Kier alpha value is -0.830. The van der Waals surface area contributed by atoms with Gasteiger partial charge in [-0.05, 0) is 27.2 Å². The van der Waals surface area contributed by atoms with Gasteiger partial charge in [-0.1, -0.05) is 19.8 Å². The number of hydrogen-bond donors (Lipinski definition) is 1. The molecule has 1 rings (SSSR count). The molecule has 0 saturated carbocycles. The molecule has 1 atom stereocenters. The van der Waals surface area contributed by atoms with Gasteiger partial charge in [0.1, 0.15) is 0 Å². The summed E-state index contributed by atoms with van der Waals surface area (Å²) in [5.74, 6) is 0. The number of imidazole rings is 1. The standard InChI is InChI=1S/C13H25N3/c1-5-6-7-12(4)15-9-13-8-14-10-16(13)11(2)3/h8,10-12,15H,5-7,9H2,1-4H3. The molecule has 3 nitrogen and oxygen atoms in total. The molecule has 0 radical (unpaired) electrons. The van der Waals surface area contributed by atoms with Gasteiger partial charge in [-0.3, -0.25) is 0 Å². The van der Waals surface area contributed by atoms with Gasteiger partial charge in [0.15, 0.2) is 0 Å². The summed E-state index contributed by atoms with van der Waals surface area (Å²) in [6.45, 7) is 9.78. The van der Waals surface area contributed by atoms with Gasteiger partial charge in [-0.25, -0.2) is 4.98 Å². The molecule has 0 spiro atoms. The number of unbranched alkanes of at least 4 members (excludes halogenated alkanes) is 1. The Morgan fingerprint density at radius 3 is 2.75 bits per heavy atom. The Morgan fingerprint density at radius 2 is 2.12 bits per heavy atom. The third kappa shape index (κ3) is 3.97. The fourth-order valence-corrected chi connectivity index (χ4v) is 1.83. The average Bonchev–Trinajstić information content (AvgIpc) is 2.71. The van der Waals surface area contributed by atoms with E-state index in [-0.39, 0.29) is 0 Å². The molecular formula is C13H25N3. The van der Waals surface area contributed by atoms with Crippen molar-refractivity contribution in [3.63, 3.8) is 0 Å². The third-order valence-electron chi connectivity index (χ3n) is 2.92. The predicted molar refractivity (Wildman–Crippen MR) is 68.4 cm³/mol. The molecule has 1 N–H and O–H groups in total. The van der Waals surface area contributed by atoms with Gasteiger partial charge in [0, 0.05) is 24.8 Å². The van der Waals surface area contributed by atoms with Gasteiger partial charge < -0.3 is 9.88 Å². The molecule has 1 aromatic rings. The van der Waals surface area contributed by atoms with E-state index in [0.29, 0.717) is 12.1 Å². The SMILES string of the molecule is CCCCC(C)NCc1cncn1C(C)C. The lowest BCUT2D eigenvalue weighted by Gasteiger charge is -2.16.